The van der Waals surface area contributed by atoms with Gasteiger partial charge in [0.25, 0.3) is 0 Å². The SMILES string of the molecule is Cc1ccccc1-n1c(SCC(=O)N[C@@H](C)c2ccc3c(c2)OCO3)nnc1N1CCOCC1. The highest BCUT2D eigenvalue weighted by molar-refractivity contribution is 7.99. The number of ether oxygens (including phenoxy) is 3. The van der Waals surface area contributed by atoms with Crippen molar-refractivity contribution in [3.05, 3.63) is 53.6 Å². The van der Waals surface area contributed by atoms with E-state index in [1.165, 1.54) is 11.8 Å². The molecule has 1 saturated heterocycles. The number of aromatic nitrogens is 3. The molecule has 1 atom stereocenters. The Balaban J connectivity index is 1.30. The van der Waals surface area contributed by atoms with E-state index in [0.717, 1.165) is 41.6 Å². The van der Waals surface area contributed by atoms with Gasteiger partial charge in [0.05, 0.1) is 30.7 Å². The second kappa shape index (κ2) is 9.94. The summed E-state index contributed by atoms with van der Waals surface area (Å²) < 4.78 is 18.4. The van der Waals surface area contributed by atoms with Crippen molar-refractivity contribution in [2.75, 3.05) is 43.7 Å². The van der Waals surface area contributed by atoms with E-state index in [1.54, 1.807) is 0 Å². The molecular weight excluding hydrogens is 454 g/mol. The van der Waals surface area contributed by atoms with Crippen molar-refractivity contribution in [2.45, 2.75) is 25.0 Å². The molecule has 0 unspecified atom stereocenters. The summed E-state index contributed by atoms with van der Waals surface area (Å²) in [4.78, 5) is 15.0. The molecule has 0 radical (unpaired) electrons. The molecule has 3 aromatic rings. The molecule has 178 valence electrons. The first-order valence-electron chi connectivity index (χ1n) is 11.3. The highest BCUT2D eigenvalue weighted by atomic mass is 32.2. The Morgan fingerprint density at radius 1 is 1.12 bits per heavy atom. The van der Waals surface area contributed by atoms with Crippen LogP contribution in [0.5, 0.6) is 11.5 Å². The van der Waals surface area contributed by atoms with Gasteiger partial charge >= 0.3 is 0 Å². The molecule has 2 aliphatic rings. The van der Waals surface area contributed by atoms with Gasteiger partial charge in [0.15, 0.2) is 16.7 Å². The van der Waals surface area contributed by atoms with Gasteiger partial charge in [-0.1, -0.05) is 36.0 Å². The topological polar surface area (TPSA) is 90.7 Å². The number of nitrogens with one attached hydrogen (secondary N) is 1. The van der Waals surface area contributed by atoms with Crippen molar-refractivity contribution in [2.24, 2.45) is 0 Å². The maximum Gasteiger partial charge on any atom is 0.232 e. The summed E-state index contributed by atoms with van der Waals surface area (Å²) in [5.74, 6) is 2.35. The maximum absolute atomic E-state index is 12.8. The lowest BCUT2D eigenvalue weighted by atomic mass is 10.1. The van der Waals surface area contributed by atoms with E-state index in [2.05, 4.69) is 39.5 Å². The maximum atomic E-state index is 12.8. The zero-order chi connectivity index (χ0) is 23.5. The van der Waals surface area contributed by atoms with Crippen molar-refractivity contribution in [3.8, 4) is 17.2 Å². The summed E-state index contributed by atoms with van der Waals surface area (Å²) in [5.41, 5.74) is 3.07. The zero-order valence-electron chi connectivity index (χ0n) is 19.2. The average molecular weight is 482 g/mol. The second-order valence-electron chi connectivity index (χ2n) is 8.19. The first-order chi connectivity index (χ1) is 16.6. The normalized spacial score (nSPS) is 15.9. The molecule has 1 fully saturated rings. The van der Waals surface area contributed by atoms with E-state index in [9.17, 15) is 4.79 Å². The van der Waals surface area contributed by atoms with Gasteiger partial charge in [0, 0.05) is 13.1 Å². The molecule has 3 heterocycles. The van der Waals surface area contributed by atoms with Crippen LogP contribution in [0.2, 0.25) is 0 Å². The fraction of sp³-hybridized carbons (Fsp3) is 0.375. The van der Waals surface area contributed by atoms with E-state index in [0.29, 0.717) is 24.1 Å². The minimum Gasteiger partial charge on any atom is -0.454 e. The number of aryl methyl sites for hydroxylation is 1. The van der Waals surface area contributed by atoms with Gasteiger partial charge in [-0.25, -0.2) is 0 Å². The highest BCUT2D eigenvalue weighted by Crippen LogP contribution is 2.34. The van der Waals surface area contributed by atoms with Crippen LogP contribution in [-0.2, 0) is 9.53 Å². The van der Waals surface area contributed by atoms with Gasteiger partial charge in [-0.05, 0) is 43.2 Å². The fourth-order valence-corrected chi connectivity index (χ4v) is 4.78. The molecule has 1 aromatic heterocycles. The Morgan fingerprint density at radius 3 is 2.74 bits per heavy atom. The Kier molecular flexibility index (Phi) is 6.59. The van der Waals surface area contributed by atoms with Crippen molar-refractivity contribution in [1.82, 2.24) is 20.1 Å². The minimum absolute atomic E-state index is 0.0811. The van der Waals surface area contributed by atoms with E-state index in [-0.39, 0.29) is 24.5 Å². The number of carbonyl (C=O) groups is 1. The highest BCUT2D eigenvalue weighted by Gasteiger charge is 2.23. The third-order valence-corrected chi connectivity index (χ3v) is 6.80. The molecule has 0 bridgehead atoms. The van der Waals surface area contributed by atoms with Crippen LogP contribution >= 0.6 is 11.8 Å². The summed E-state index contributed by atoms with van der Waals surface area (Å²) >= 11 is 1.38. The van der Waals surface area contributed by atoms with Crippen LogP contribution in [0.4, 0.5) is 5.95 Å². The third-order valence-electron chi connectivity index (χ3n) is 5.87. The molecule has 2 aromatic carbocycles. The van der Waals surface area contributed by atoms with Crippen LogP contribution in [0, 0.1) is 6.92 Å². The Morgan fingerprint density at radius 2 is 1.91 bits per heavy atom. The van der Waals surface area contributed by atoms with Crippen molar-refractivity contribution in [1.29, 1.82) is 0 Å². The number of nitrogens with zero attached hydrogens (tertiary/aromatic N) is 4. The standard InChI is InChI=1S/C24H27N5O4S/c1-16-5-3-4-6-19(16)29-23(28-9-11-31-12-10-28)26-27-24(29)34-14-22(30)25-17(2)18-7-8-20-21(13-18)33-15-32-20/h3-8,13,17H,9-12,14-15H2,1-2H3,(H,25,30)/t17-/m0/s1. The smallest absolute Gasteiger partial charge is 0.232 e. The predicted octanol–water partition coefficient (Wildman–Crippen LogP) is 3.11. The number of benzene rings is 2. The monoisotopic (exact) mass is 481 g/mol. The third kappa shape index (κ3) is 4.69. The Hall–Kier alpha value is -3.24. The van der Waals surface area contributed by atoms with Crippen LogP contribution in [0.1, 0.15) is 24.1 Å². The van der Waals surface area contributed by atoms with Gasteiger partial charge in [0.1, 0.15) is 0 Å². The number of fused-ring (bicyclic) bond motifs is 1. The van der Waals surface area contributed by atoms with Crippen molar-refractivity contribution < 1.29 is 19.0 Å². The number of anilines is 1. The predicted molar refractivity (Wildman–Crippen MR) is 129 cm³/mol. The molecule has 0 saturated carbocycles. The fourth-order valence-electron chi connectivity index (χ4n) is 4.03. The Labute approximate surface area is 202 Å². The molecule has 1 amide bonds. The number of carbonyl (C=O) groups excluding carboxylic acids is 1. The molecule has 10 heteroatoms. The average Bonchev–Trinajstić information content (AvgIpc) is 3.50. The summed E-state index contributed by atoms with van der Waals surface area (Å²) in [6.45, 7) is 7.06. The number of hydrogen-bond acceptors (Lipinski definition) is 8. The van der Waals surface area contributed by atoms with Crippen LogP contribution in [0.3, 0.4) is 0 Å². The summed E-state index contributed by atoms with van der Waals surface area (Å²) in [6.07, 6.45) is 0. The van der Waals surface area contributed by atoms with E-state index in [1.807, 2.05) is 41.8 Å². The lowest BCUT2D eigenvalue weighted by Crippen LogP contribution is -2.38. The molecule has 2 aliphatic heterocycles. The molecule has 0 aliphatic carbocycles. The lowest BCUT2D eigenvalue weighted by Gasteiger charge is -2.28. The van der Waals surface area contributed by atoms with Gasteiger partial charge < -0.3 is 24.4 Å². The van der Waals surface area contributed by atoms with Gasteiger partial charge in [-0.3, -0.25) is 9.36 Å². The number of thioether (sulfide) groups is 1. The van der Waals surface area contributed by atoms with Crippen LogP contribution in [0.15, 0.2) is 47.6 Å². The van der Waals surface area contributed by atoms with E-state index < -0.39 is 0 Å². The number of rotatable bonds is 7. The van der Waals surface area contributed by atoms with Crippen molar-refractivity contribution in [3.63, 3.8) is 0 Å². The molecule has 5 rings (SSSR count). The molecule has 1 N–H and O–H groups in total. The van der Waals surface area contributed by atoms with E-state index >= 15 is 0 Å². The Bertz CT molecular complexity index is 1180. The van der Waals surface area contributed by atoms with Crippen LogP contribution in [-0.4, -0.2) is 59.5 Å². The molecule has 34 heavy (non-hydrogen) atoms. The van der Waals surface area contributed by atoms with Crippen LogP contribution in [0.25, 0.3) is 5.69 Å². The summed E-state index contributed by atoms with van der Waals surface area (Å²) in [7, 11) is 0. The quantitative estimate of drug-likeness (QED) is 0.515. The van der Waals surface area contributed by atoms with Gasteiger partial charge in [-0.15, -0.1) is 10.2 Å². The van der Waals surface area contributed by atoms with Crippen molar-refractivity contribution >= 4 is 23.6 Å². The molecule has 9 nitrogen and oxygen atoms in total. The van der Waals surface area contributed by atoms with Crippen LogP contribution < -0.4 is 19.7 Å². The first kappa shape index (κ1) is 22.5. The summed E-state index contributed by atoms with van der Waals surface area (Å²) in [6, 6.07) is 13.7. The van der Waals surface area contributed by atoms with E-state index in [4.69, 9.17) is 14.2 Å². The van der Waals surface area contributed by atoms with Gasteiger partial charge in [-0.2, -0.15) is 0 Å². The number of para-hydroxylation sites is 1. The molecular formula is C24H27N5O4S. The number of amides is 1. The summed E-state index contributed by atoms with van der Waals surface area (Å²) in [5, 5.41) is 12.7. The molecule has 0 spiro atoms. The number of morpholine rings is 1. The lowest BCUT2D eigenvalue weighted by molar-refractivity contribution is -0.119. The number of hydrogen-bond donors (Lipinski definition) is 1. The largest absolute Gasteiger partial charge is 0.454 e. The minimum atomic E-state index is -0.166. The first-order valence-corrected chi connectivity index (χ1v) is 12.2. The van der Waals surface area contributed by atoms with Gasteiger partial charge in [0.2, 0.25) is 18.6 Å². The second-order valence-corrected chi connectivity index (χ2v) is 9.14. The zero-order valence-corrected chi connectivity index (χ0v) is 20.0.